The zero-order valence-electron chi connectivity index (χ0n) is 12.2. The highest BCUT2D eigenvalue weighted by Gasteiger charge is 2.39. The summed E-state index contributed by atoms with van der Waals surface area (Å²) in [6, 6.07) is 10.1. The quantitative estimate of drug-likeness (QED) is 0.932. The minimum absolute atomic E-state index is 0.0114. The Morgan fingerprint density at radius 2 is 2.05 bits per heavy atom. The molecule has 1 heterocycles. The van der Waals surface area contributed by atoms with E-state index in [0.29, 0.717) is 11.3 Å². The summed E-state index contributed by atoms with van der Waals surface area (Å²) in [4.78, 5) is 0. The molecule has 1 aliphatic rings. The SMILES string of the molecule is CC1(C)CCCC1C(N)c1cnnn1-c1ccccc1. The molecule has 4 nitrogen and oxygen atoms in total. The number of hydrogen-bond donors (Lipinski definition) is 1. The Bertz CT molecular complexity index is 573. The molecule has 20 heavy (non-hydrogen) atoms. The summed E-state index contributed by atoms with van der Waals surface area (Å²) < 4.78 is 1.87. The first-order valence-electron chi connectivity index (χ1n) is 7.31. The Labute approximate surface area is 120 Å². The summed E-state index contributed by atoms with van der Waals surface area (Å²) in [5, 5.41) is 8.29. The molecule has 1 aliphatic carbocycles. The molecule has 0 bridgehead atoms. The lowest BCUT2D eigenvalue weighted by Crippen LogP contribution is -2.31. The van der Waals surface area contributed by atoms with Crippen molar-refractivity contribution in [1.82, 2.24) is 15.0 Å². The first-order valence-corrected chi connectivity index (χ1v) is 7.31. The molecule has 1 saturated carbocycles. The molecule has 0 spiro atoms. The van der Waals surface area contributed by atoms with Crippen LogP contribution < -0.4 is 5.73 Å². The maximum absolute atomic E-state index is 6.56. The van der Waals surface area contributed by atoms with E-state index in [0.717, 1.165) is 11.4 Å². The predicted octanol–water partition coefficient (Wildman–Crippen LogP) is 3.09. The van der Waals surface area contributed by atoms with Gasteiger partial charge < -0.3 is 5.73 Å². The van der Waals surface area contributed by atoms with Crippen LogP contribution in [0.1, 0.15) is 44.8 Å². The van der Waals surface area contributed by atoms with Crippen LogP contribution in [-0.4, -0.2) is 15.0 Å². The number of benzene rings is 1. The highest BCUT2D eigenvalue weighted by atomic mass is 15.4. The van der Waals surface area contributed by atoms with Gasteiger partial charge in [-0.2, -0.15) is 0 Å². The van der Waals surface area contributed by atoms with Crippen molar-refractivity contribution in [3.8, 4) is 5.69 Å². The molecule has 0 amide bonds. The van der Waals surface area contributed by atoms with Crippen molar-refractivity contribution in [2.75, 3.05) is 0 Å². The van der Waals surface area contributed by atoms with Gasteiger partial charge in [-0.25, -0.2) is 4.68 Å². The fourth-order valence-corrected chi connectivity index (χ4v) is 3.47. The average molecular weight is 270 g/mol. The Kier molecular flexibility index (Phi) is 3.34. The zero-order chi connectivity index (χ0) is 14.2. The molecule has 2 N–H and O–H groups in total. The Hall–Kier alpha value is -1.68. The van der Waals surface area contributed by atoms with Crippen LogP contribution in [0, 0.1) is 11.3 Å². The van der Waals surface area contributed by atoms with Gasteiger partial charge in [0.2, 0.25) is 0 Å². The van der Waals surface area contributed by atoms with Crippen LogP contribution in [0.3, 0.4) is 0 Å². The third-order valence-electron chi connectivity index (χ3n) is 4.69. The molecular weight excluding hydrogens is 248 g/mol. The number of hydrogen-bond acceptors (Lipinski definition) is 3. The maximum atomic E-state index is 6.56. The molecule has 2 atom stereocenters. The summed E-state index contributed by atoms with van der Waals surface area (Å²) in [5.74, 6) is 0.489. The van der Waals surface area contributed by atoms with Crippen LogP contribution in [0.15, 0.2) is 36.5 Å². The summed E-state index contributed by atoms with van der Waals surface area (Å²) in [6.45, 7) is 4.64. The van der Waals surface area contributed by atoms with Gasteiger partial charge >= 0.3 is 0 Å². The van der Waals surface area contributed by atoms with Crippen molar-refractivity contribution in [1.29, 1.82) is 0 Å². The Morgan fingerprint density at radius 3 is 2.70 bits per heavy atom. The van der Waals surface area contributed by atoms with E-state index in [-0.39, 0.29) is 6.04 Å². The molecule has 0 saturated heterocycles. The van der Waals surface area contributed by atoms with E-state index in [1.807, 2.05) is 41.2 Å². The van der Waals surface area contributed by atoms with Crippen LogP contribution in [0.5, 0.6) is 0 Å². The van der Waals surface area contributed by atoms with Gasteiger partial charge in [0, 0.05) is 0 Å². The van der Waals surface area contributed by atoms with E-state index >= 15 is 0 Å². The normalized spacial score (nSPS) is 22.9. The van der Waals surface area contributed by atoms with Crippen LogP contribution in [-0.2, 0) is 0 Å². The van der Waals surface area contributed by atoms with E-state index in [4.69, 9.17) is 5.73 Å². The van der Waals surface area contributed by atoms with Crippen LogP contribution >= 0.6 is 0 Å². The first-order chi connectivity index (χ1) is 9.59. The highest BCUT2D eigenvalue weighted by Crippen LogP contribution is 2.47. The standard InChI is InChI=1S/C16H22N4/c1-16(2)10-6-9-13(16)15(17)14-11-18-19-20(14)12-7-4-3-5-8-12/h3-5,7-8,11,13,15H,6,9-10,17H2,1-2H3. The van der Waals surface area contributed by atoms with E-state index in [2.05, 4.69) is 24.2 Å². The lowest BCUT2D eigenvalue weighted by Gasteiger charge is -2.31. The summed E-state index contributed by atoms with van der Waals surface area (Å²) in [7, 11) is 0. The number of rotatable bonds is 3. The summed E-state index contributed by atoms with van der Waals surface area (Å²) in [6.07, 6.45) is 5.51. The van der Waals surface area contributed by atoms with E-state index in [9.17, 15) is 0 Å². The second kappa shape index (κ2) is 5.02. The van der Waals surface area contributed by atoms with Gasteiger partial charge in [-0.15, -0.1) is 5.10 Å². The molecule has 0 radical (unpaired) electrons. The van der Waals surface area contributed by atoms with Crippen molar-refractivity contribution >= 4 is 0 Å². The van der Waals surface area contributed by atoms with Crippen LogP contribution in [0.2, 0.25) is 0 Å². The van der Waals surface area contributed by atoms with Crippen LogP contribution in [0.25, 0.3) is 5.69 Å². The molecule has 1 aromatic heterocycles. The van der Waals surface area contributed by atoms with Gasteiger partial charge in [0.25, 0.3) is 0 Å². The lowest BCUT2D eigenvalue weighted by molar-refractivity contribution is 0.218. The molecule has 1 fully saturated rings. The Morgan fingerprint density at radius 1 is 1.30 bits per heavy atom. The summed E-state index contributed by atoms with van der Waals surface area (Å²) >= 11 is 0. The molecule has 2 aromatic rings. The lowest BCUT2D eigenvalue weighted by atomic mass is 9.77. The van der Waals surface area contributed by atoms with E-state index in [1.54, 1.807) is 0 Å². The molecule has 4 heteroatoms. The largest absolute Gasteiger partial charge is 0.322 e. The van der Waals surface area contributed by atoms with Gasteiger partial charge in [0.15, 0.2) is 0 Å². The topological polar surface area (TPSA) is 56.7 Å². The molecular formula is C16H22N4. The smallest absolute Gasteiger partial charge is 0.0816 e. The van der Waals surface area contributed by atoms with E-state index < -0.39 is 0 Å². The van der Waals surface area contributed by atoms with Crippen molar-refractivity contribution in [2.24, 2.45) is 17.1 Å². The van der Waals surface area contributed by atoms with E-state index in [1.165, 1.54) is 19.3 Å². The average Bonchev–Trinajstić information content (AvgIpc) is 3.05. The molecule has 106 valence electrons. The first kappa shape index (κ1) is 13.3. The number of nitrogens with zero attached hydrogens (tertiary/aromatic N) is 3. The molecule has 3 rings (SSSR count). The minimum Gasteiger partial charge on any atom is -0.322 e. The zero-order valence-corrected chi connectivity index (χ0v) is 12.2. The van der Waals surface area contributed by atoms with Crippen molar-refractivity contribution in [3.63, 3.8) is 0 Å². The Balaban J connectivity index is 1.94. The molecule has 0 aliphatic heterocycles. The third kappa shape index (κ3) is 2.24. The minimum atomic E-state index is -0.0114. The van der Waals surface area contributed by atoms with Crippen molar-refractivity contribution in [3.05, 3.63) is 42.2 Å². The molecule has 1 aromatic carbocycles. The molecule has 2 unspecified atom stereocenters. The maximum Gasteiger partial charge on any atom is 0.0816 e. The van der Waals surface area contributed by atoms with Gasteiger partial charge in [-0.3, -0.25) is 0 Å². The fraction of sp³-hybridized carbons (Fsp3) is 0.500. The van der Waals surface area contributed by atoms with Gasteiger partial charge in [-0.1, -0.05) is 43.7 Å². The second-order valence-electron chi connectivity index (χ2n) is 6.42. The monoisotopic (exact) mass is 270 g/mol. The summed E-state index contributed by atoms with van der Waals surface area (Å²) in [5.41, 5.74) is 8.88. The second-order valence-corrected chi connectivity index (χ2v) is 6.42. The van der Waals surface area contributed by atoms with Gasteiger partial charge in [0.1, 0.15) is 0 Å². The third-order valence-corrected chi connectivity index (χ3v) is 4.69. The van der Waals surface area contributed by atoms with Crippen LogP contribution in [0.4, 0.5) is 0 Å². The predicted molar refractivity (Wildman–Crippen MR) is 79.4 cm³/mol. The van der Waals surface area contributed by atoms with Crippen molar-refractivity contribution in [2.45, 2.75) is 39.2 Å². The highest BCUT2D eigenvalue weighted by molar-refractivity contribution is 5.32. The number of aromatic nitrogens is 3. The van der Waals surface area contributed by atoms with Gasteiger partial charge in [-0.05, 0) is 36.3 Å². The van der Waals surface area contributed by atoms with Gasteiger partial charge in [0.05, 0.1) is 23.6 Å². The fourth-order valence-electron chi connectivity index (χ4n) is 3.47. The number of para-hydroxylation sites is 1. The van der Waals surface area contributed by atoms with Crippen molar-refractivity contribution < 1.29 is 0 Å². The number of nitrogens with two attached hydrogens (primary N) is 1.